The largest absolute Gasteiger partial charge is 1.00 e. The van der Waals surface area contributed by atoms with Crippen LogP contribution in [-0.2, 0) is 9.53 Å². The maximum atomic E-state index is 12.4. The molecule has 0 aliphatic heterocycles. The van der Waals surface area contributed by atoms with E-state index >= 15 is 0 Å². The molecule has 0 saturated heterocycles. The van der Waals surface area contributed by atoms with E-state index in [1.165, 1.54) is 160 Å². The van der Waals surface area contributed by atoms with Crippen molar-refractivity contribution in [2.75, 3.05) is 27.2 Å². The Morgan fingerprint density at radius 2 is 0.956 bits per heavy atom. The average molecular weight is 651 g/mol. The number of hydrogen-bond acceptors (Lipinski definition) is 2. The summed E-state index contributed by atoms with van der Waals surface area (Å²) in [6.45, 7) is 5.96. The molecule has 0 aromatic heterocycles. The number of nitrogens with zero attached hydrogens (tertiary/aromatic N) is 1. The molecule has 0 bridgehead atoms. The van der Waals surface area contributed by atoms with Crippen molar-refractivity contribution in [2.24, 2.45) is 0 Å². The van der Waals surface area contributed by atoms with Gasteiger partial charge < -0.3 is 21.6 Å². The van der Waals surface area contributed by atoms with Crippen molar-refractivity contribution in [1.82, 2.24) is 0 Å². The standard InChI is InChI=1S/C41H76NO2.ClH/c1-5-7-9-11-13-15-17-18-19-20-21-23-25-27-32-36-41(43)44-38-37-42(3,4)40(39-33-29-28-30-34-39)35-31-26-24-22-16-14-12-10-8-6-2;/h28-30,33-34,40H,5-27,31-32,35-38H2,1-4H3;1H/q+1;/p-1. The van der Waals surface area contributed by atoms with Gasteiger partial charge in [0.2, 0.25) is 0 Å². The summed E-state index contributed by atoms with van der Waals surface area (Å²) in [5.74, 6) is -0.00866. The van der Waals surface area contributed by atoms with Gasteiger partial charge in [-0.05, 0) is 12.8 Å². The van der Waals surface area contributed by atoms with Crippen LogP contribution in [0.1, 0.15) is 199 Å². The number of ether oxygens (including phenoxy) is 1. The minimum absolute atomic E-state index is 0. The number of likely N-dealkylation sites (N-methyl/N-ethyl adjacent to an activating group) is 1. The number of carbonyl (C=O) groups excluding carboxylic acids is 1. The SMILES string of the molecule is CCCCCCCCCCCCCCCCCC(=O)OCC[N+](C)(C)C(CCCCCCCCCCCC)c1ccccc1.[Cl-]. The molecule has 0 heterocycles. The van der Waals surface area contributed by atoms with Gasteiger partial charge in [-0.25, -0.2) is 0 Å². The fourth-order valence-corrected chi connectivity index (χ4v) is 6.68. The molecular formula is C41H76ClNO2. The number of carbonyl (C=O) groups is 1. The Hall–Kier alpha value is -1.06. The van der Waals surface area contributed by atoms with Gasteiger partial charge in [0.05, 0.1) is 14.1 Å². The molecule has 4 heteroatoms. The molecule has 0 saturated carbocycles. The topological polar surface area (TPSA) is 26.3 Å². The molecule has 45 heavy (non-hydrogen) atoms. The first kappa shape index (κ1) is 43.9. The molecular weight excluding hydrogens is 574 g/mol. The minimum Gasteiger partial charge on any atom is -1.00 e. The molecule has 1 aromatic carbocycles. The van der Waals surface area contributed by atoms with Crippen molar-refractivity contribution in [3.05, 3.63) is 35.9 Å². The van der Waals surface area contributed by atoms with E-state index in [-0.39, 0.29) is 18.4 Å². The summed E-state index contributed by atoms with van der Waals surface area (Å²) in [4.78, 5) is 12.4. The number of quaternary nitrogens is 1. The minimum atomic E-state index is -0.00866. The Bertz CT molecular complexity index is 753. The molecule has 0 radical (unpaired) electrons. The van der Waals surface area contributed by atoms with E-state index in [1.54, 1.807) is 0 Å². The van der Waals surface area contributed by atoms with Gasteiger partial charge in [0.25, 0.3) is 0 Å². The first-order valence-electron chi connectivity index (χ1n) is 19.5. The maximum absolute atomic E-state index is 12.4. The van der Waals surface area contributed by atoms with Gasteiger partial charge in [0, 0.05) is 18.4 Å². The van der Waals surface area contributed by atoms with Crippen molar-refractivity contribution in [2.45, 2.75) is 193 Å². The van der Waals surface area contributed by atoms with Crippen LogP contribution >= 0.6 is 0 Å². The highest BCUT2D eigenvalue weighted by Gasteiger charge is 2.29. The molecule has 0 N–H and O–H groups in total. The third kappa shape index (κ3) is 25.7. The van der Waals surface area contributed by atoms with Crippen LogP contribution in [0.2, 0.25) is 0 Å². The molecule has 0 fully saturated rings. The molecule has 1 unspecified atom stereocenters. The van der Waals surface area contributed by atoms with E-state index in [1.807, 2.05) is 0 Å². The van der Waals surface area contributed by atoms with Gasteiger partial charge in [-0.2, -0.15) is 0 Å². The Labute approximate surface area is 288 Å². The second kappa shape index (κ2) is 31.5. The normalized spacial score (nSPS) is 12.2. The molecule has 0 amide bonds. The van der Waals surface area contributed by atoms with Crippen LogP contribution in [0.4, 0.5) is 0 Å². The highest BCUT2D eigenvalue weighted by Crippen LogP contribution is 2.30. The second-order valence-electron chi connectivity index (χ2n) is 14.3. The molecule has 0 spiro atoms. The summed E-state index contributed by atoms with van der Waals surface area (Å²) in [5.41, 5.74) is 1.41. The fraction of sp³-hybridized carbons (Fsp3) is 0.829. The number of esters is 1. The predicted molar refractivity (Wildman–Crippen MR) is 193 cm³/mol. The number of halogens is 1. The summed E-state index contributed by atoms with van der Waals surface area (Å²) < 4.78 is 6.60. The van der Waals surface area contributed by atoms with Crippen molar-refractivity contribution in [3.63, 3.8) is 0 Å². The lowest BCUT2D eigenvalue weighted by Gasteiger charge is -2.38. The lowest BCUT2D eigenvalue weighted by atomic mass is 9.96. The van der Waals surface area contributed by atoms with Crippen LogP contribution in [0.3, 0.4) is 0 Å². The summed E-state index contributed by atoms with van der Waals surface area (Å²) in [6.07, 6.45) is 35.7. The zero-order valence-electron chi connectivity index (χ0n) is 30.6. The van der Waals surface area contributed by atoms with Gasteiger partial charge >= 0.3 is 5.97 Å². The summed E-state index contributed by atoms with van der Waals surface area (Å²) in [6, 6.07) is 11.4. The van der Waals surface area contributed by atoms with Crippen LogP contribution in [0.15, 0.2) is 30.3 Å². The predicted octanol–water partition coefficient (Wildman–Crippen LogP) is 9.92. The first-order chi connectivity index (χ1) is 21.5. The number of rotatable bonds is 32. The molecule has 0 aliphatic rings. The Kier molecular flexibility index (Phi) is 30.8. The Balaban J connectivity index is 0.0000194. The molecule has 1 atom stereocenters. The third-order valence-corrected chi connectivity index (χ3v) is 9.77. The van der Waals surface area contributed by atoms with E-state index < -0.39 is 0 Å². The van der Waals surface area contributed by atoms with Crippen LogP contribution in [0.5, 0.6) is 0 Å². The second-order valence-corrected chi connectivity index (χ2v) is 14.3. The quantitative estimate of drug-likeness (QED) is 0.0441. The van der Waals surface area contributed by atoms with E-state index in [2.05, 4.69) is 58.3 Å². The van der Waals surface area contributed by atoms with E-state index in [0.29, 0.717) is 19.1 Å². The van der Waals surface area contributed by atoms with Gasteiger partial charge in [0.1, 0.15) is 19.2 Å². The molecule has 264 valence electrons. The number of unbranched alkanes of at least 4 members (excludes halogenated alkanes) is 23. The van der Waals surface area contributed by atoms with Crippen LogP contribution < -0.4 is 12.4 Å². The maximum Gasteiger partial charge on any atom is 0.305 e. The van der Waals surface area contributed by atoms with Crippen molar-refractivity contribution in [1.29, 1.82) is 0 Å². The summed E-state index contributed by atoms with van der Waals surface area (Å²) in [7, 11) is 4.63. The van der Waals surface area contributed by atoms with Crippen LogP contribution in [-0.4, -0.2) is 37.7 Å². The van der Waals surface area contributed by atoms with E-state index in [0.717, 1.165) is 23.9 Å². The zero-order valence-corrected chi connectivity index (χ0v) is 31.4. The molecule has 1 aromatic rings. The first-order valence-corrected chi connectivity index (χ1v) is 19.5. The zero-order chi connectivity index (χ0) is 32.0. The molecule has 0 aliphatic carbocycles. The van der Waals surface area contributed by atoms with Gasteiger partial charge in [-0.1, -0.05) is 192 Å². The van der Waals surface area contributed by atoms with E-state index in [9.17, 15) is 4.79 Å². The monoisotopic (exact) mass is 650 g/mol. The summed E-state index contributed by atoms with van der Waals surface area (Å²) >= 11 is 0. The van der Waals surface area contributed by atoms with Crippen molar-refractivity contribution >= 4 is 5.97 Å². The number of benzene rings is 1. The highest BCUT2D eigenvalue weighted by atomic mass is 35.5. The van der Waals surface area contributed by atoms with Gasteiger partial charge in [-0.15, -0.1) is 0 Å². The Morgan fingerprint density at radius 1 is 0.578 bits per heavy atom. The molecule has 3 nitrogen and oxygen atoms in total. The van der Waals surface area contributed by atoms with Gasteiger partial charge in [0.15, 0.2) is 0 Å². The van der Waals surface area contributed by atoms with E-state index in [4.69, 9.17) is 4.74 Å². The lowest BCUT2D eigenvalue weighted by Crippen LogP contribution is -3.00. The lowest BCUT2D eigenvalue weighted by molar-refractivity contribution is -0.921. The van der Waals surface area contributed by atoms with Crippen LogP contribution in [0, 0.1) is 0 Å². The Morgan fingerprint density at radius 3 is 1.38 bits per heavy atom. The third-order valence-electron chi connectivity index (χ3n) is 9.77. The highest BCUT2D eigenvalue weighted by molar-refractivity contribution is 5.69. The van der Waals surface area contributed by atoms with Crippen molar-refractivity contribution < 1.29 is 26.4 Å². The average Bonchev–Trinajstić information content (AvgIpc) is 3.02. The van der Waals surface area contributed by atoms with Crippen molar-refractivity contribution in [3.8, 4) is 0 Å². The molecule has 1 rings (SSSR count). The smallest absolute Gasteiger partial charge is 0.305 e. The summed E-state index contributed by atoms with van der Waals surface area (Å²) in [5, 5.41) is 0. The van der Waals surface area contributed by atoms with Gasteiger partial charge in [-0.3, -0.25) is 4.79 Å². The number of hydrogen-bond donors (Lipinski definition) is 0. The van der Waals surface area contributed by atoms with Crippen LogP contribution in [0.25, 0.3) is 0 Å². The fourth-order valence-electron chi connectivity index (χ4n) is 6.68.